The second-order valence-corrected chi connectivity index (χ2v) is 8.39. The first kappa shape index (κ1) is 20.2. The van der Waals surface area contributed by atoms with Gasteiger partial charge in [-0.15, -0.1) is 0 Å². The highest BCUT2D eigenvalue weighted by atomic mass is 32.2. The predicted molar refractivity (Wildman–Crippen MR) is 101 cm³/mol. The minimum Gasteiger partial charge on any atom is -0.454 e. The van der Waals surface area contributed by atoms with Crippen molar-refractivity contribution in [3.8, 4) is 0 Å². The molecule has 0 saturated carbocycles. The van der Waals surface area contributed by atoms with Crippen molar-refractivity contribution in [3.63, 3.8) is 0 Å². The molecule has 0 unspecified atom stereocenters. The molecular weight excluding hydrogens is 382 g/mol. The summed E-state index contributed by atoms with van der Waals surface area (Å²) in [6, 6.07) is 10.8. The van der Waals surface area contributed by atoms with Crippen LogP contribution in [0, 0.1) is 0 Å². The minimum absolute atomic E-state index is 0.0254. The summed E-state index contributed by atoms with van der Waals surface area (Å²) >= 11 is 0. The normalized spacial score (nSPS) is 13.4. The highest BCUT2D eigenvalue weighted by molar-refractivity contribution is 7.89. The van der Waals surface area contributed by atoms with Crippen LogP contribution in [0.5, 0.6) is 0 Å². The molecule has 8 heteroatoms. The van der Waals surface area contributed by atoms with Crippen molar-refractivity contribution in [2.75, 3.05) is 20.8 Å². The monoisotopic (exact) mass is 403 g/mol. The van der Waals surface area contributed by atoms with Crippen LogP contribution in [-0.2, 0) is 32.4 Å². The quantitative estimate of drug-likeness (QED) is 0.401. The van der Waals surface area contributed by atoms with Crippen LogP contribution in [0.2, 0.25) is 0 Å². The average Bonchev–Trinajstić information content (AvgIpc) is 3.18. The van der Waals surface area contributed by atoms with E-state index in [1.54, 1.807) is 6.07 Å². The molecule has 0 fully saturated rings. The number of carbonyl (C=O) groups excluding carboxylic acids is 2. The number of carbonyl (C=O) groups is 2. The van der Waals surface area contributed by atoms with Crippen molar-refractivity contribution in [2.45, 2.75) is 24.2 Å². The molecule has 0 aliphatic heterocycles. The lowest BCUT2D eigenvalue weighted by Crippen LogP contribution is -2.25. The van der Waals surface area contributed by atoms with Crippen LogP contribution in [0.25, 0.3) is 0 Å². The molecular formula is C20H21NO6S. The van der Waals surface area contributed by atoms with E-state index in [0.29, 0.717) is 5.56 Å². The van der Waals surface area contributed by atoms with Gasteiger partial charge in [0, 0.05) is 12.6 Å². The molecule has 148 valence electrons. The van der Waals surface area contributed by atoms with Gasteiger partial charge in [-0.05, 0) is 60.7 Å². The predicted octanol–water partition coefficient (Wildman–Crippen LogP) is 2.40. The second kappa shape index (κ2) is 8.22. The molecule has 0 bridgehead atoms. The molecule has 0 heterocycles. The summed E-state index contributed by atoms with van der Waals surface area (Å²) in [6.45, 7) is -0.371. The Morgan fingerprint density at radius 1 is 1.00 bits per heavy atom. The molecule has 0 amide bonds. The van der Waals surface area contributed by atoms with E-state index in [-0.39, 0.29) is 22.8 Å². The summed E-state index contributed by atoms with van der Waals surface area (Å²) < 4.78 is 30.1. The topological polar surface area (TPSA) is 90.0 Å². The first-order chi connectivity index (χ1) is 13.3. The Balaban J connectivity index is 1.63. The Morgan fingerprint density at radius 2 is 1.64 bits per heavy atom. The van der Waals surface area contributed by atoms with E-state index in [4.69, 9.17) is 9.57 Å². The summed E-state index contributed by atoms with van der Waals surface area (Å²) in [4.78, 5) is 29.1. The number of sulfonamides is 1. The van der Waals surface area contributed by atoms with Crippen LogP contribution in [-0.4, -0.2) is 45.4 Å². The van der Waals surface area contributed by atoms with Crippen molar-refractivity contribution < 1.29 is 27.6 Å². The molecule has 28 heavy (non-hydrogen) atoms. The number of nitrogens with zero attached hydrogens (tertiary/aromatic N) is 1. The zero-order valence-corrected chi connectivity index (χ0v) is 16.5. The first-order valence-electron chi connectivity index (χ1n) is 8.78. The number of hydroxylamine groups is 1. The van der Waals surface area contributed by atoms with Gasteiger partial charge in [0.2, 0.25) is 0 Å². The number of Topliss-reactive ketones (excluding diaryl/α,β-unsaturated/α-hetero) is 1. The van der Waals surface area contributed by atoms with Crippen LogP contribution in [0.15, 0.2) is 47.4 Å². The van der Waals surface area contributed by atoms with Gasteiger partial charge >= 0.3 is 5.97 Å². The Morgan fingerprint density at radius 3 is 2.32 bits per heavy atom. The molecule has 0 saturated heterocycles. The number of esters is 1. The fourth-order valence-corrected chi connectivity index (χ4v) is 4.03. The maximum absolute atomic E-state index is 12.3. The molecule has 7 nitrogen and oxygen atoms in total. The van der Waals surface area contributed by atoms with E-state index >= 15 is 0 Å². The van der Waals surface area contributed by atoms with Crippen molar-refractivity contribution >= 4 is 21.8 Å². The van der Waals surface area contributed by atoms with Gasteiger partial charge in [-0.25, -0.2) is 13.2 Å². The van der Waals surface area contributed by atoms with Gasteiger partial charge in [-0.2, -0.15) is 0 Å². The molecule has 0 atom stereocenters. The third-order valence-corrected chi connectivity index (χ3v) is 6.43. The van der Waals surface area contributed by atoms with Gasteiger partial charge in [0.25, 0.3) is 10.0 Å². The number of ether oxygens (including phenoxy) is 1. The van der Waals surface area contributed by atoms with Crippen molar-refractivity contribution in [3.05, 3.63) is 64.7 Å². The largest absolute Gasteiger partial charge is 0.454 e. The maximum atomic E-state index is 12.3. The fraction of sp³-hybridized carbons (Fsp3) is 0.300. The fourth-order valence-electron chi connectivity index (χ4n) is 3.05. The lowest BCUT2D eigenvalue weighted by molar-refractivity contribution is -0.0258. The van der Waals surface area contributed by atoms with E-state index in [2.05, 4.69) is 0 Å². The number of benzene rings is 2. The molecule has 3 rings (SSSR count). The van der Waals surface area contributed by atoms with Crippen LogP contribution in [0.3, 0.4) is 0 Å². The van der Waals surface area contributed by atoms with Crippen LogP contribution in [0.4, 0.5) is 0 Å². The molecule has 0 spiro atoms. The van der Waals surface area contributed by atoms with Crippen LogP contribution >= 0.6 is 0 Å². The number of rotatable bonds is 7. The number of ketones is 1. The number of aryl methyl sites for hydroxylation is 2. The smallest absolute Gasteiger partial charge is 0.338 e. The maximum Gasteiger partial charge on any atom is 0.338 e. The van der Waals surface area contributed by atoms with Gasteiger partial charge in [0.15, 0.2) is 12.4 Å². The van der Waals surface area contributed by atoms with Crippen LogP contribution in [0.1, 0.15) is 38.3 Å². The minimum atomic E-state index is -3.79. The van der Waals surface area contributed by atoms with Gasteiger partial charge in [0.05, 0.1) is 17.6 Å². The summed E-state index contributed by atoms with van der Waals surface area (Å²) in [5, 5.41) is 0. The zero-order chi connectivity index (χ0) is 20.3. The van der Waals surface area contributed by atoms with Crippen molar-refractivity contribution in [1.29, 1.82) is 0 Å². The van der Waals surface area contributed by atoms with E-state index in [9.17, 15) is 18.0 Å². The Kier molecular flexibility index (Phi) is 5.93. The van der Waals surface area contributed by atoms with E-state index in [1.165, 1.54) is 49.5 Å². The number of hydrogen-bond donors (Lipinski definition) is 0. The van der Waals surface area contributed by atoms with Crippen molar-refractivity contribution in [2.24, 2.45) is 0 Å². The summed E-state index contributed by atoms with van der Waals surface area (Å²) in [6.07, 6.45) is 3.09. The van der Waals surface area contributed by atoms with E-state index in [0.717, 1.165) is 23.7 Å². The van der Waals surface area contributed by atoms with Gasteiger partial charge < -0.3 is 4.74 Å². The SMILES string of the molecule is CON(C)S(=O)(=O)c1ccc(C(=O)OCC(=O)c2ccc3c(c2)CCC3)cc1. The summed E-state index contributed by atoms with van der Waals surface area (Å²) in [5.74, 6) is -0.970. The highest BCUT2D eigenvalue weighted by Crippen LogP contribution is 2.23. The van der Waals surface area contributed by atoms with Gasteiger partial charge in [-0.1, -0.05) is 16.6 Å². The summed E-state index contributed by atoms with van der Waals surface area (Å²) in [5.41, 5.74) is 3.12. The molecule has 0 N–H and O–H groups in total. The third kappa shape index (κ3) is 4.14. The lowest BCUT2D eigenvalue weighted by atomic mass is 10.0. The first-order valence-corrected chi connectivity index (χ1v) is 10.2. The molecule has 1 aliphatic rings. The van der Waals surface area contributed by atoms with Crippen LogP contribution < -0.4 is 0 Å². The number of fused-ring (bicyclic) bond motifs is 1. The standard InChI is InChI=1S/C20H21NO6S/c1-21(26-2)28(24,25)18-10-8-15(9-11-18)20(23)27-13-19(22)17-7-6-14-4-3-5-16(14)12-17/h6-12H,3-5,13H2,1-2H3. The molecule has 2 aromatic rings. The van der Waals surface area contributed by atoms with Crippen molar-refractivity contribution in [1.82, 2.24) is 4.47 Å². The summed E-state index contributed by atoms with van der Waals surface area (Å²) in [7, 11) is -1.29. The second-order valence-electron chi connectivity index (χ2n) is 6.46. The third-order valence-electron chi connectivity index (χ3n) is 4.74. The van der Waals surface area contributed by atoms with E-state index < -0.39 is 16.0 Å². The van der Waals surface area contributed by atoms with E-state index in [1.807, 2.05) is 12.1 Å². The van der Waals surface area contributed by atoms with Gasteiger partial charge in [-0.3, -0.25) is 9.63 Å². The zero-order valence-electron chi connectivity index (χ0n) is 15.7. The molecule has 0 radical (unpaired) electrons. The Bertz CT molecular complexity index is 998. The molecule has 1 aliphatic carbocycles. The average molecular weight is 403 g/mol. The molecule has 2 aromatic carbocycles. The Labute approximate surface area is 163 Å². The van der Waals surface area contributed by atoms with Gasteiger partial charge in [0.1, 0.15) is 0 Å². The highest BCUT2D eigenvalue weighted by Gasteiger charge is 2.21. The Hall–Kier alpha value is -2.55. The lowest BCUT2D eigenvalue weighted by Gasteiger charge is -2.14. The number of hydrogen-bond acceptors (Lipinski definition) is 6. The molecule has 0 aromatic heterocycles.